The first-order valence-corrected chi connectivity index (χ1v) is 8.38. The molecule has 0 aliphatic heterocycles. The van der Waals surface area contributed by atoms with Crippen LogP contribution in [0.3, 0.4) is 0 Å². The summed E-state index contributed by atoms with van der Waals surface area (Å²) in [5, 5.41) is 3.69. The summed E-state index contributed by atoms with van der Waals surface area (Å²) in [5.74, 6) is 0. The van der Waals surface area contributed by atoms with Crippen molar-refractivity contribution in [1.29, 1.82) is 0 Å². The van der Waals surface area contributed by atoms with Crippen LogP contribution >= 0.6 is 31.9 Å². The molecule has 1 nitrogen and oxygen atoms in total. The Morgan fingerprint density at radius 3 is 2.00 bits per heavy atom. The third kappa shape index (κ3) is 3.64. The first kappa shape index (κ1) is 15.6. The van der Waals surface area contributed by atoms with Crippen LogP contribution in [-0.2, 0) is 0 Å². The molecule has 1 N–H and O–H groups in total. The van der Waals surface area contributed by atoms with Gasteiger partial charge in [0.1, 0.15) is 0 Å². The van der Waals surface area contributed by atoms with Crippen molar-refractivity contribution in [1.82, 2.24) is 0 Å². The molecule has 1 unspecified atom stereocenters. The predicted octanol–water partition coefficient (Wildman–Crippen LogP) is 6.39. The summed E-state index contributed by atoms with van der Waals surface area (Å²) in [4.78, 5) is 0. The average molecular weight is 397 g/mol. The van der Waals surface area contributed by atoms with E-state index in [1.807, 2.05) is 0 Å². The molecule has 0 bridgehead atoms. The number of hydrogen-bond donors (Lipinski definition) is 1. The van der Waals surface area contributed by atoms with Crippen molar-refractivity contribution in [3.05, 3.63) is 62.0 Å². The summed E-state index contributed by atoms with van der Waals surface area (Å²) < 4.78 is 2.25. The summed E-state index contributed by atoms with van der Waals surface area (Å²) in [6.07, 6.45) is 1.05. The lowest BCUT2D eigenvalue weighted by molar-refractivity contribution is 0.747. The first-order valence-electron chi connectivity index (χ1n) is 6.80. The van der Waals surface area contributed by atoms with Gasteiger partial charge in [-0.25, -0.2) is 0 Å². The molecule has 0 spiro atoms. The summed E-state index contributed by atoms with van der Waals surface area (Å²) in [5.41, 5.74) is 5.10. The van der Waals surface area contributed by atoms with Crippen molar-refractivity contribution in [3.63, 3.8) is 0 Å². The molecule has 0 aliphatic rings. The Bertz CT molecular complexity index is 567. The minimum atomic E-state index is 0.335. The van der Waals surface area contributed by atoms with Crippen molar-refractivity contribution in [2.45, 2.75) is 33.2 Å². The summed E-state index contributed by atoms with van der Waals surface area (Å²) >= 11 is 7.04. The molecule has 106 valence electrons. The molecule has 0 amide bonds. The highest BCUT2D eigenvalue weighted by atomic mass is 79.9. The van der Waals surface area contributed by atoms with E-state index in [9.17, 15) is 0 Å². The van der Waals surface area contributed by atoms with Gasteiger partial charge in [0.05, 0.1) is 6.04 Å². The Labute approximate surface area is 138 Å². The molecule has 0 saturated carbocycles. The number of benzene rings is 2. The highest BCUT2D eigenvalue weighted by molar-refractivity contribution is 9.10. The minimum absolute atomic E-state index is 0.335. The maximum Gasteiger partial charge on any atom is 0.0511 e. The maximum atomic E-state index is 3.69. The van der Waals surface area contributed by atoms with E-state index < -0.39 is 0 Å². The van der Waals surface area contributed by atoms with Crippen LogP contribution in [0.5, 0.6) is 0 Å². The number of halogens is 2. The van der Waals surface area contributed by atoms with Crippen molar-refractivity contribution < 1.29 is 0 Å². The van der Waals surface area contributed by atoms with Crippen LogP contribution in [-0.4, -0.2) is 0 Å². The summed E-state index contributed by atoms with van der Waals surface area (Å²) in [7, 11) is 0. The van der Waals surface area contributed by atoms with E-state index in [4.69, 9.17) is 0 Å². The molecule has 3 heteroatoms. The first-order chi connectivity index (χ1) is 9.51. The van der Waals surface area contributed by atoms with E-state index >= 15 is 0 Å². The largest absolute Gasteiger partial charge is 0.378 e. The number of anilines is 1. The Morgan fingerprint density at radius 2 is 1.50 bits per heavy atom. The SMILES string of the molecule is CCC(Nc1c(C)cc(Br)cc1C)c1ccc(Br)cc1. The zero-order chi connectivity index (χ0) is 14.7. The number of hydrogen-bond acceptors (Lipinski definition) is 1. The van der Waals surface area contributed by atoms with Crippen LogP contribution in [0.2, 0.25) is 0 Å². The number of rotatable bonds is 4. The van der Waals surface area contributed by atoms with Crippen LogP contribution in [0.4, 0.5) is 5.69 Å². The monoisotopic (exact) mass is 395 g/mol. The topological polar surface area (TPSA) is 12.0 Å². The van der Waals surface area contributed by atoms with Crippen LogP contribution < -0.4 is 5.32 Å². The molecular formula is C17H19Br2N. The highest BCUT2D eigenvalue weighted by Crippen LogP contribution is 2.30. The van der Waals surface area contributed by atoms with Crippen molar-refractivity contribution >= 4 is 37.5 Å². The van der Waals surface area contributed by atoms with E-state index in [-0.39, 0.29) is 0 Å². The lowest BCUT2D eigenvalue weighted by Gasteiger charge is -2.22. The third-order valence-corrected chi connectivity index (χ3v) is 4.48. The molecular weight excluding hydrogens is 378 g/mol. The van der Waals surface area contributed by atoms with Gasteiger partial charge in [-0.3, -0.25) is 0 Å². The van der Waals surface area contributed by atoms with Gasteiger partial charge in [0.2, 0.25) is 0 Å². The predicted molar refractivity (Wildman–Crippen MR) is 94.4 cm³/mol. The fourth-order valence-electron chi connectivity index (χ4n) is 2.43. The highest BCUT2D eigenvalue weighted by Gasteiger charge is 2.12. The lowest BCUT2D eigenvalue weighted by atomic mass is 10.0. The Kier molecular flexibility index (Phi) is 5.28. The van der Waals surface area contributed by atoms with E-state index in [1.165, 1.54) is 22.4 Å². The van der Waals surface area contributed by atoms with Gasteiger partial charge in [0, 0.05) is 14.6 Å². The Hall–Kier alpha value is -0.800. The van der Waals surface area contributed by atoms with Gasteiger partial charge in [-0.1, -0.05) is 50.9 Å². The van der Waals surface area contributed by atoms with Crippen molar-refractivity contribution in [3.8, 4) is 0 Å². The molecule has 2 aromatic rings. The molecule has 2 rings (SSSR count). The van der Waals surface area contributed by atoms with Gasteiger partial charge in [-0.15, -0.1) is 0 Å². The molecule has 0 aliphatic carbocycles. The zero-order valence-electron chi connectivity index (χ0n) is 12.0. The van der Waals surface area contributed by atoms with Gasteiger partial charge in [0.15, 0.2) is 0 Å². The van der Waals surface area contributed by atoms with E-state index in [0.29, 0.717) is 6.04 Å². The molecule has 0 radical (unpaired) electrons. The summed E-state index contributed by atoms with van der Waals surface area (Å²) in [6.45, 7) is 6.51. The Balaban J connectivity index is 2.29. The molecule has 0 fully saturated rings. The van der Waals surface area contributed by atoms with Crippen molar-refractivity contribution in [2.24, 2.45) is 0 Å². The van der Waals surface area contributed by atoms with Crippen molar-refractivity contribution in [2.75, 3.05) is 5.32 Å². The van der Waals surface area contributed by atoms with Gasteiger partial charge in [0.25, 0.3) is 0 Å². The lowest BCUT2D eigenvalue weighted by Crippen LogP contribution is -2.11. The zero-order valence-corrected chi connectivity index (χ0v) is 15.2. The second-order valence-corrected chi connectivity index (χ2v) is 6.90. The van der Waals surface area contributed by atoms with Crippen LogP contribution in [0.15, 0.2) is 45.3 Å². The second kappa shape index (κ2) is 6.77. The fourth-order valence-corrected chi connectivity index (χ4v) is 3.38. The smallest absolute Gasteiger partial charge is 0.0511 e. The fraction of sp³-hybridized carbons (Fsp3) is 0.294. The number of nitrogens with one attached hydrogen (secondary N) is 1. The Morgan fingerprint density at radius 1 is 0.950 bits per heavy atom. The third-order valence-electron chi connectivity index (χ3n) is 3.50. The molecule has 0 saturated heterocycles. The average Bonchev–Trinajstić information content (AvgIpc) is 2.39. The maximum absolute atomic E-state index is 3.69. The van der Waals surface area contributed by atoms with Gasteiger partial charge in [-0.2, -0.15) is 0 Å². The molecule has 2 aromatic carbocycles. The normalized spacial score (nSPS) is 12.2. The van der Waals surface area contributed by atoms with E-state index in [0.717, 1.165) is 15.4 Å². The quantitative estimate of drug-likeness (QED) is 0.630. The minimum Gasteiger partial charge on any atom is -0.378 e. The van der Waals surface area contributed by atoms with E-state index in [2.05, 4.69) is 94.3 Å². The molecule has 20 heavy (non-hydrogen) atoms. The summed E-state index contributed by atoms with van der Waals surface area (Å²) in [6, 6.07) is 13.2. The van der Waals surface area contributed by atoms with Crippen LogP contribution in [0.25, 0.3) is 0 Å². The van der Waals surface area contributed by atoms with Gasteiger partial charge in [-0.05, 0) is 61.2 Å². The van der Waals surface area contributed by atoms with E-state index in [1.54, 1.807) is 0 Å². The standard InChI is InChI=1S/C17H19Br2N/c1-4-16(13-5-7-14(18)8-6-13)20-17-11(2)9-15(19)10-12(17)3/h5-10,16,20H,4H2,1-3H3. The molecule has 0 heterocycles. The van der Waals surface area contributed by atoms with Crippen LogP contribution in [0.1, 0.15) is 36.1 Å². The van der Waals surface area contributed by atoms with Gasteiger partial charge >= 0.3 is 0 Å². The van der Waals surface area contributed by atoms with Crippen LogP contribution in [0, 0.1) is 13.8 Å². The number of aryl methyl sites for hydroxylation is 2. The molecule has 0 aromatic heterocycles. The van der Waals surface area contributed by atoms with Gasteiger partial charge < -0.3 is 5.32 Å². The second-order valence-electron chi connectivity index (χ2n) is 5.07. The molecule has 1 atom stereocenters.